The normalized spacial score (nSPS) is 15.1. The smallest absolute Gasteiger partial charge is 0.262 e. The number of aromatic nitrogens is 2. The number of hydrogen-bond donors (Lipinski definition) is 1. The van der Waals surface area contributed by atoms with Gasteiger partial charge >= 0.3 is 0 Å². The van der Waals surface area contributed by atoms with Crippen molar-refractivity contribution in [3.8, 4) is 5.75 Å². The first-order chi connectivity index (χ1) is 14.2. The van der Waals surface area contributed by atoms with Gasteiger partial charge in [-0.05, 0) is 55.0 Å². The number of benzene rings is 1. The molecule has 1 N–H and O–H groups in total. The summed E-state index contributed by atoms with van der Waals surface area (Å²) in [6.45, 7) is 0. The zero-order valence-electron chi connectivity index (χ0n) is 17.0. The van der Waals surface area contributed by atoms with Crippen LogP contribution in [0.1, 0.15) is 63.2 Å². The number of carbonyl (C=O) groups excluding carboxylic acids is 1. The van der Waals surface area contributed by atoms with Crippen molar-refractivity contribution in [2.75, 3.05) is 7.11 Å². The molecule has 2 heterocycles. The van der Waals surface area contributed by atoms with Gasteiger partial charge in [-0.3, -0.25) is 4.79 Å². The van der Waals surface area contributed by atoms with Crippen LogP contribution in [0.5, 0.6) is 5.75 Å². The van der Waals surface area contributed by atoms with E-state index in [2.05, 4.69) is 16.4 Å². The molecule has 0 radical (unpaired) electrons. The number of hydrogen-bond acceptors (Lipinski definition) is 4. The van der Waals surface area contributed by atoms with E-state index < -0.39 is 0 Å². The lowest BCUT2D eigenvalue weighted by atomic mass is 9.99. The predicted molar refractivity (Wildman–Crippen MR) is 116 cm³/mol. The number of nitrogens with zero attached hydrogens (tertiary/aromatic N) is 2. The van der Waals surface area contributed by atoms with Crippen molar-refractivity contribution in [1.82, 2.24) is 14.9 Å². The second-order valence-electron chi connectivity index (χ2n) is 7.55. The molecule has 0 bridgehead atoms. The molecule has 1 aromatic carbocycles. The molecule has 0 fully saturated rings. The van der Waals surface area contributed by atoms with Crippen molar-refractivity contribution in [2.45, 2.75) is 44.6 Å². The number of methoxy groups -OCH3 is 1. The molecule has 0 saturated heterocycles. The Morgan fingerprint density at radius 1 is 1.21 bits per heavy atom. The number of ether oxygens (including phenoxy) is 1. The second kappa shape index (κ2) is 8.82. The Labute approximate surface area is 175 Å². The summed E-state index contributed by atoms with van der Waals surface area (Å²) >= 11 is 1.65. The van der Waals surface area contributed by atoms with Gasteiger partial charge in [0.15, 0.2) is 0 Å². The van der Waals surface area contributed by atoms with Crippen LogP contribution in [-0.4, -0.2) is 22.6 Å². The van der Waals surface area contributed by atoms with Crippen molar-refractivity contribution in [2.24, 2.45) is 7.05 Å². The molecule has 1 amide bonds. The molecule has 29 heavy (non-hydrogen) atoms. The Bertz CT molecular complexity index is 966. The quantitative estimate of drug-likeness (QED) is 0.666. The zero-order valence-corrected chi connectivity index (χ0v) is 17.8. The number of aryl methyl sites for hydroxylation is 3. The number of nitrogens with one attached hydrogen (secondary N) is 1. The van der Waals surface area contributed by atoms with E-state index in [0.717, 1.165) is 34.9 Å². The van der Waals surface area contributed by atoms with E-state index in [1.54, 1.807) is 24.6 Å². The number of thiophene rings is 1. The fraction of sp³-hybridized carbons (Fsp3) is 0.391. The van der Waals surface area contributed by atoms with Gasteiger partial charge in [-0.25, -0.2) is 4.98 Å². The Hall–Kier alpha value is -2.60. The number of fused-ring (bicyclic) bond motifs is 1. The molecular formula is C23H27N3O2S. The van der Waals surface area contributed by atoms with Crippen LogP contribution >= 0.6 is 11.3 Å². The predicted octanol–water partition coefficient (Wildman–Crippen LogP) is 4.67. The Morgan fingerprint density at radius 3 is 2.79 bits per heavy atom. The highest BCUT2D eigenvalue weighted by Gasteiger charge is 2.24. The summed E-state index contributed by atoms with van der Waals surface area (Å²) in [5.74, 6) is 1.51. The van der Waals surface area contributed by atoms with Gasteiger partial charge in [0, 0.05) is 24.3 Å². The summed E-state index contributed by atoms with van der Waals surface area (Å²) in [6.07, 6.45) is 10.8. The van der Waals surface area contributed by atoms with Crippen LogP contribution in [0.15, 0.2) is 42.7 Å². The number of rotatable bonds is 5. The standard InChI is InChI=1S/C23H27N3O2S/c1-26-13-12-24-22(26)21(17-9-7-10-18(14-17)28-2)25-23(27)20-15-16-8-5-3-4-6-11-19(16)29-20/h7,9-10,12-15,21H,3-6,8,11H2,1-2H3,(H,25,27). The average Bonchev–Trinajstić information content (AvgIpc) is 3.32. The topological polar surface area (TPSA) is 56.1 Å². The lowest BCUT2D eigenvalue weighted by molar-refractivity contribution is 0.0945. The number of amides is 1. The fourth-order valence-corrected chi connectivity index (χ4v) is 5.09. The van der Waals surface area contributed by atoms with Gasteiger partial charge in [0.25, 0.3) is 5.91 Å². The van der Waals surface area contributed by atoms with Gasteiger partial charge in [-0.2, -0.15) is 0 Å². The Balaban J connectivity index is 1.63. The molecule has 1 atom stereocenters. The minimum absolute atomic E-state index is 0.0439. The lowest BCUT2D eigenvalue weighted by Crippen LogP contribution is -2.30. The maximum Gasteiger partial charge on any atom is 0.262 e. The zero-order chi connectivity index (χ0) is 20.2. The first-order valence-electron chi connectivity index (χ1n) is 10.2. The maximum atomic E-state index is 13.2. The van der Waals surface area contributed by atoms with Crippen LogP contribution in [0.4, 0.5) is 0 Å². The van der Waals surface area contributed by atoms with Crippen LogP contribution in [0.3, 0.4) is 0 Å². The molecular weight excluding hydrogens is 382 g/mol. The van der Waals surface area contributed by atoms with Crippen LogP contribution in [-0.2, 0) is 19.9 Å². The summed E-state index contributed by atoms with van der Waals surface area (Å²) in [5, 5.41) is 3.22. The molecule has 2 aromatic heterocycles. The van der Waals surface area contributed by atoms with E-state index in [0.29, 0.717) is 0 Å². The highest BCUT2D eigenvalue weighted by atomic mass is 32.1. The third-order valence-electron chi connectivity index (χ3n) is 5.54. The number of imidazole rings is 1. The van der Waals surface area contributed by atoms with E-state index in [1.807, 2.05) is 42.1 Å². The first-order valence-corrected chi connectivity index (χ1v) is 11.0. The summed E-state index contributed by atoms with van der Waals surface area (Å²) < 4.78 is 7.33. The van der Waals surface area contributed by atoms with Crippen LogP contribution in [0.25, 0.3) is 0 Å². The minimum atomic E-state index is -0.345. The van der Waals surface area contributed by atoms with Crippen molar-refractivity contribution in [3.63, 3.8) is 0 Å². The molecule has 0 saturated carbocycles. The lowest BCUT2D eigenvalue weighted by Gasteiger charge is -2.19. The largest absolute Gasteiger partial charge is 0.497 e. The Kier molecular flexibility index (Phi) is 6.00. The van der Waals surface area contributed by atoms with E-state index in [4.69, 9.17) is 4.74 Å². The highest BCUT2D eigenvalue weighted by molar-refractivity contribution is 7.14. The van der Waals surface area contributed by atoms with E-state index in [1.165, 1.54) is 36.1 Å². The molecule has 1 unspecified atom stereocenters. The van der Waals surface area contributed by atoms with Crippen molar-refractivity contribution < 1.29 is 9.53 Å². The van der Waals surface area contributed by atoms with Gasteiger partial charge < -0.3 is 14.6 Å². The van der Waals surface area contributed by atoms with Gasteiger partial charge in [0.05, 0.1) is 12.0 Å². The molecule has 0 aliphatic heterocycles. The summed E-state index contributed by atoms with van der Waals surface area (Å²) in [6, 6.07) is 9.54. The summed E-state index contributed by atoms with van der Waals surface area (Å²) in [7, 11) is 3.59. The first kappa shape index (κ1) is 19.7. The highest BCUT2D eigenvalue weighted by Crippen LogP contribution is 2.30. The molecule has 0 spiro atoms. The molecule has 5 nitrogen and oxygen atoms in total. The average molecular weight is 410 g/mol. The summed E-state index contributed by atoms with van der Waals surface area (Å²) in [5.41, 5.74) is 2.30. The minimum Gasteiger partial charge on any atom is -0.497 e. The molecule has 1 aliphatic rings. The Morgan fingerprint density at radius 2 is 2.03 bits per heavy atom. The van der Waals surface area contributed by atoms with Crippen molar-refractivity contribution in [3.05, 3.63) is 69.4 Å². The third-order valence-corrected chi connectivity index (χ3v) is 6.78. The van der Waals surface area contributed by atoms with E-state index in [9.17, 15) is 4.79 Å². The monoisotopic (exact) mass is 409 g/mol. The number of carbonyl (C=O) groups is 1. The second-order valence-corrected chi connectivity index (χ2v) is 8.69. The van der Waals surface area contributed by atoms with Crippen LogP contribution in [0.2, 0.25) is 0 Å². The third kappa shape index (κ3) is 4.37. The fourth-order valence-electron chi connectivity index (χ4n) is 3.93. The van der Waals surface area contributed by atoms with E-state index in [-0.39, 0.29) is 11.9 Å². The van der Waals surface area contributed by atoms with Crippen LogP contribution in [0, 0.1) is 0 Å². The van der Waals surface area contributed by atoms with Crippen molar-refractivity contribution >= 4 is 17.2 Å². The SMILES string of the molecule is COc1cccc(C(NC(=O)c2cc3c(s2)CCCCCC3)c2nccn2C)c1. The van der Waals surface area contributed by atoms with Gasteiger partial charge in [-0.15, -0.1) is 11.3 Å². The van der Waals surface area contributed by atoms with Crippen LogP contribution < -0.4 is 10.1 Å². The molecule has 6 heteroatoms. The molecule has 3 aromatic rings. The van der Waals surface area contributed by atoms with Gasteiger partial charge in [0.1, 0.15) is 17.6 Å². The van der Waals surface area contributed by atoms with Crippen molar-refractivity contribution in [1.29, 1.82) is 0 Å². The summed E-state index contributed by atoms with van der Waals surface area (Å²) in [4.78, 5) is 19.9. The van der Waals surface area contributed by atoms with E-state index >= 15 is 0 Å². The van der Waals surface area contributed by atoms with Gasteiger partial charge in [0.2, 0.25) is 0 Å². The maximum absolute atomic E-state index is 13.2. The molecule has 152 valence electrons. The molecule has 1 aliphatic carbocycles. The van der Waals surface area contributed by atoms with Gasteiger partial charge in [-0.1, -0.05) is 25.0 Å². The molecule has 4 rings (SSSR count).